The summed E-state index contributed by atoms with van der Waals surface area (Å²) in [5.74, 6) is 1.80. The third-order valence-electron chi connectivity index (χ3n) is 5.22. The number of hydrogen-bond acceptors (Lipinski definition) is 4. The zero-order valence-electron chi connectivity index (χ0n) is 14.9. The van der Waals surface area contributed by atoms with Gasteiger partial charge in [0.25, 0.3) is 0 Å². The predicted molar refractivity (Wildman–Crippen MR) is 109 cm³/mol. The molecular weight excluding hydrogens is 409 g/mol. The summed E-state index contributed by atoms with van der Waals surface area (Å²) in [4.78, 5) is 17.1. The van der Waals surface area contributed by atoms with Crippen molar-refractivity contribution in [3.05, 3.63) is 39.6 Å². The van der Waals surface area contributed by atoms with Gasteiger partial charge in [-0.25, -0.2) is 4.68 Å². The lowest BCUT2D eigenvalue weighted by Gasteiger charge is -2.19. The fourth-order valence-corrected chi connectivity index (χ4v) is 3.87. The molecule has 4 rings (SSSR count). The molecule has 2 fully saturated rings. The van der Waals surface area contributed by atoms with Crippen LogP contribution < -0.4 is 10.6 Å². The van der Waals surface area contributed by atoms with E-state index in [1.54, 1.807) is 10.7 Å². The first-order valence-electron chi connectivity index (χ1n) is 8.90. The number of nitrogens with zero attached hydrogens (tertiary/aromatic N) is 3. The largest absolute Gasteiger partial charge is 0.317 e. The monoisotopic (exact) mass is 429 g/mol. The van der Waals surface area contributed by atoms with Crippen molar-refractivity contribution >= 4 is 47.5 Å². The van der Waals surface area contributed by atoms with Crippen LogP contribution in [0.5, 0.6) is 0 Å². The number of piperidine rings is 1. The third kappa shape index (κ3) is 4.40. The number of rotatable bonds is 4. The summed E-state index contributed by atoms with van der Waals surface area (Å²) in [5, 5.41) is 11.8. The Bertz CT molecular complexity index is 834. The molecular formula is C18H22Cl3N5O. The molecule has 2 aliphatic rings. The molecule has 9 heteroatoms. The highest BCUT2D eigenvalue weighted by molar-refractivity contribution is 6.42. The average Bonchev–Trinajstić information content (AvgIpc) is 3.36. The minimum atomic E-state index is -0.0636. The Hall–Kier alpha value is -1.34. The average molecular weight is 431 g/mol. The van der Waals surface area contributed by atoms with Crippen molar-refractivity contribution in [1.82, 2.24) is 20.1 Å². The predicted octanol–water partition coefficient (Wildman–Crippen LogP) is 3.75. The van der Waals surface area contributed by atoms with Crippen LogP contribution in [0.4, 0.5) is 5.95 Å². The Morgan fingerprint density at radius 3 is 2.70 bits per heavy atom. The second kappa shape index (κ2) is 8.35. The number of amides is 1. The van der Waals surface area contributed by atoms with Gasteiger partial charge in [-0.05, 0) is 56.0 Å². The van der Waals surface area contributed by atoms with Crippen LogP contribution in [-0.2, 0) is 11.8 Å². The van der Waals surface area contributed by atoms with Gasteiger partial charge >= 0.3 is 0 Å². The van der Waals surface area contributed by atoms with Gasteiger partial charge in [0.05, 0.1) is 10.0 Å². The number of nitrogens with one attached hydrogen (secondary N) is 2. The third-order valence-corrected chi connectivity index (χ3v) is 5.96. The maximum absolute atomic E-state index is 12.6. The molecule has 2 aromatic rings. The second-order valence-electron chi connectivity index (χ2n) is 7.05. The van der Waals surface area contributed by atoms with Crippen molar-refractivity contribution in [2.45, 2.75) is 31.1 Å². The van der Waals surface area contributed by atoms with Gasteiger partial charge in [0.1, 0.15) is 0 Å². The molecule has 0 spiro atoms. The second-order valence-corrected chi connectivity index (χ2v) is 7.87. The minimum absolute atomic E-state index is 0. The van der Waals surface area contributed by atoms with Crippen molar-refractivity contribution in [3.8, 4) is 0 Å². The summed E-state index contributed by atoms with van der Waals surface area (Å²) in [7, 11) is 1.82. The molecule has 2 heterocycles. The summed E-state index contributed by atoms with van der Waals surface area (Å²) < 4.78 is 1.66. The van der Waals surface area contributed by atoms with Gasteiger partial charge in [0.15, 0.2) is 5.82 Å². The number of hydrogen-bond donors (Lipinski definition) is 2. The Labute approximate surface area is 174 Å². The Morgan fingerprint density at radius 2 is 2.00 bits per heavy atom. The summed E-state index contributed by atoms with van der Waals surface area (Å²) in [5.41, 5.74) is 1.05. The van der Waals surface area contributed by atoms with Crippen LogP contribution in [0.2, 0.25) is 10.0 Å². The zero-order valence-corrected chi connectivity index (χ0v) is 17.2. The van der Waals surface area contributed by atoms with Gasteiger partial charge in [-0.3, -0.25) is 10.1 Å². The van der Waals surface area contributed by atoms with Gasteiger partial charge in [-0.15, -0.1) is 12.4 Å². The lowest BCUT2D eigenvalue weighted by molar-refractivity contribution is -0.117. The summed E-state index contributed by atoms with van der Waals surface area (Å²) in [6.07, 6.45) is 2.86. The number of aryl methyl sites for hydroxylation is 1. The SMILES string of the molecule is Cl.Cn1nc(C2CCNCC2)nc1NC(=O)C1CC1c1ccc(Cl)c(Cl)c1. The maximum Gasteiger partial charge on any atom is 0.230 e. The molecule has 0 bridgehead atoms. The first-order valence-corrected chi connectivity index (χ1v) is 9.66. The molecule has 6 nitrogen and oxygen atoms in total. The van der Waals surface area contributed by atoms with Crippen molar-refractivity contribution in [1.29, 1.82) is 0 Å². The van der Waals surface area contributed by atoms with E-state index in [1.165, 1.54) is 0 Å². The van der Waals surface area contributed by atoms with Gasteiger partial charge < -0.3 is 5.32 Å². The molecule has 0 radical (unpaired) electrons. The molecule has 2 N–H and O–H groups in total. The van der Waals surface area contributed by atoms with Gasteiger partial charge in [-0.1, -0.05) is 29.3 Å². The van der Waals surface area contributed by atoms with Crippen molar-refractivity contribution in [3.63, 3.8) is 0 Å². The Morgan fingerprint density at radius 1 is 1.26 bits per heavy atom. The van der Waals surface area contributed by atoms with Crippen molar-refractivity contribution in [2.24, 2.45) is 13.0 Å². The van der Waals surface area contributed by atoms with E-state index in [0.717, 1.165) is 43.7 Å². The van der Waals surface area contributed by atoms with Crippen molar-refractivity contribution in [2.75, 3.05) is 18.4 Å². The summed E-state index contributed by atoms with van der Waals surface area (Å²) in [6, 6.07) is 5.56. The fraction of sp³-hybridized carbons (Fsp3) is 0.500. The Kier molecular flexibility index (Phi) is 6.31. The molecule has 1 saturated heterocycles. The smallest absolute Gasteiger partial charge is 0.230 e. The number of carbonyl (C=O) groups is 1. The summed E-state index contributed by atoms with van der Waals surface area (Å²) in [6.45, 7) is 1.97. The highest BCUT2D eigenvalue weighted by atomic mass is 35.5. The molecule has 1 aromatic carbocycles. The maximum atomic E-state index is 12.6. The summed E-state index contributed by atoms with van der Waals surface area (Å²) >= 11 is 12.0. The van der Waals surface area contributed by atoms with Crippen LogP contribution in [0.15, 0.2) is 18.2 Å². The topological polar surface area (TPSA) is 71.8 Å². The number of anilines is 1. The standard InChI is InChI=1S/C18H21Cl2N5O.ClH/c1-25-18(22-16(24-25)10-4-6-21-7-5-10)23-17(26)13-9-12(13)11-2-3-14(19)15(20)8-11;/h2-3,8,10,12-13,21H,4-7,9H2,1H3,(H,22,23,24,26);1H. The van der Waals surface area contributed by atoms with Gasteiger partial charge in [0, 0.05) is 18.9 Å². The number of halogens is 3. The molecule has 27 heavy (non-hydrogen) atoms. The van der Waals surface area contributed by atoms with Crippen LogP contribution in [0.25, 0.3) is 0 Å². The molecule has 2 unspecified atom stereocenters. The van der Waals surface area contributed by atoms with Gasteiger partial charge in [-0.2, -0.15) is 10.1 Å². The van der Waals surface area contributed by atoms with Gasteiger partial charge in [0.2, 0.25) is 11.9 Å². The van der Waals surface area contributed by atoms with Crippen molar-refractivity contribution < 1.29 is 4.79 Å². The first-order chi connectivity index (χ1) is 12.5. The van der Waals surface area contributed by atoms with E-state index in [2.05, 4.69) is 20.7 Å². The van der Waals surface area contributed by atoms with Crippen LogP contribution in [0, 0.1) is 5.92 Å². The normalized spacial score (nSPS) is 22.2. The zero-order chi connectivity index (χ0) is 18.3. The molecule has 1 aromatic heterocycles. The van der Waals surface area contributed by atoms with E-state index >= 15 is 0 Å². The van der Waals surface area contributed by atoms with Crippen LogP contribution in [0.3, 0.4) is 0 Å². The molecule has 2 atom stereocenters. The number of carbonyl (C=O) groups excluding carboxylic acids is 1. The van der Waals surface area contributed by atoms with E-state index in [0.29, 0.717) is 21.9 Å². The molecule has 1 aliphatic carbocycles. The lowest BCUT2D eigenvalue weighted by atomic mass is 9.98. The molecule has 146 valence electrons. The van der Waals surface area contributed by atoms with E-state index in [9.17, 15) is 4.79 Å². The number of benzene rings is 1. The molecule has 1 saturated carbocycles. The van der Waals surface area contributed by atoms with Crippen LogP contribution in [-0.4, -0.2) is 33.8 Å². The highest BCUT2D eigenvalue weighted by Crippen LogP contribution is 2.48. The lowest BCUT2D eigenvalue weighted by Crippen LogP contribution is -2.27. The fourth-order valence-electron chi connectivity index (χ4n) is 3.57. The van der Waals surface area contributed by atoms with E-state index in [-0.39, 0.29) is 30.2 Å². The molecule has 1 aliphatic heterocycles. The van der Waals surface area contributed by atoms with Crippen LogP contribution >= 0.6 is 35.6 Å². The highest BCUT2D eigenvalue weighted by Gasteiger charge is 2.44. The van der Waals surface area contributed by atoms with E-state index in [1.807, 2.05) is 19.2 Å². The van der Waals surface area contributed by atoms with E-state index in [4.69, 9.17) is 23.2 Å². The number of aromatic nitrogens is 3. The van der Waals surface area contributed by atoms with E-state index < -0.39 is 0 Å². The first kappa shape index (κ1) is 20.4. The van der Waals surface area contributed by atoms with Crippen LogP contribution in [0.1, 0.15) is 42.5 Å². The quantitative estimate of drug-likeness (QED) is 0.775. The molecule has 1 amide bonds. The minimum Gasteiger partial charge on any atom is -0.317 e. The Balaban J connectivity index is 0.00000210.